The van der Waals surface area contributed by atoms with Crippen molar-refractivity contribution in [1.82, 2.24) is 0 Å². The van der Waals surface area contributed by atoms with Crippen LogP contribution in [0.15, 0.2) is 11.6 Å². The van der Waals surface area contributed by atoms with Crippen molar-refractivity contribution < 1.29 is 54.9 Å². The smallest absolute Gasteiger partial charge is 0.336 e. The van der Waals surface area contributed by atoms with Crippen LogP contribution in [0.2, 0.25) is 0 Å². The summed E-state index contributed by atoms with van der Waals surface area (Å²) < 4.78 is 5.69. The zero-order valence-electron chi connectivity index (χ0n) is 29.0. The first-order chi connectivity index (χ1) is 21.6. The molecule has 47 heavy (non-hydrogen) atoms. The van der Waals surface area contributed by atoms with Gasteiger partial charge in [0.15, 0.2) is 6.10 Å². The van der Waals surface area contributed by atoms with Crippen molar-refractivity contribution in [3.63, 3.8) is 0 Å². The average Bonchev–Trinajstić information content (AvgIpc) is 3.00. The largest absolute Gasteiger partial charge is 0.481 e. The fraction of sp³-hybridized carbons (Fsp3) is 0.861. The first-order valence-corrected chi connectivity index (χ1v) is 17.2. The molecule has 5 aliphatic carbocycles. The van der Waals surface area contributed by atoms with Crippen molar-refractivity contribution in [2.45, 2.75) is 124 Å². The minimum Gasteiger partial charge on any atom is -0.481 e. The van der Waals surface area contributed by atoms with Gasteiger partial charge in [-0.1, -0.05) is 53.2 Å². The van der Waals surface area contributed by atoms with Gasteiger partial charge in [0.2, 0.25) is 0 Å². The summed E-state index contributed by atoms with van der Waals surface area (Å²) in [6.45, 7) is 12.0. The van der Waals surface area contributed by atoms with Gasteiger partial charge in [-0.15, -0.1) is 0 Å². The van der Waals surface area contributed by atoms with Crippen LogP contribution in [-0.4, -0.2) is 91.3 Å². The number of fused-ring (bicyclic) bond motifs is 7. The molecule has 13 atom stereocenters. The maximum Gasteiger partial charge on any atom is 0.336 e. The Morgan fingerprint density at radius 2 is 1.57 bits per heavy atom. The van der Waals surface area contributed by atoms with Gasteiger partial charge in [-0.05, 0) is 91.8 Å². The molecule has 0 radical (unpaired) electrons. The SMILES string of the molecule is CC(CO)(C(=O)O)C(O)C(=O)O[C@H]1[C@H](O)CC2(C)C3CC=C4C5[C@H](O)C(C)(C)CCC5(C(=O)O)CC[C@@]4(C)C3(C)CCC2[C@@]1(C)CO. The summed E-state index contributed by atoms with van der Waals surface area (Å²) in [6, 6.07) is 0. The number of carbonyl (C=O) groups is 3. The lowest BCUT2D eigenvalue weighted by Crippen LogP contribution is -2.69. The topological polar surface area (TPSA) is 202 Å². The molecular weight excluding hydrogens is 608 g/mol. The number of rotatable bonds is 7. The molecule has 0 saturated heterocycles. The van der Waals surface area contributed by atoms with Crippen molar-refractivity contribution in [3.05, 3.63) is 11.6 Å². The fourth-order valence-electron chi connectivity index (χ4n) is 11.7. The maximum atomic E-state index is 13.1. The highest BCUT2D eigenvalue weighted by atomic mass is 16.6. The second-order valence-corrected chi connectivity index (χ2v) is 17.7. The Kier molecular flexibility index (Phi) is 8.66. The van der Waals surface area contributed by atoms with E-state index in [0.717, 1.165) is 18.9 Å². The lowest BCUT2D eigenvalue weighted by molar-refractivity contribution is -0.255. The van der Waals surface area contributed by atoms with Gasteiger partial charge in [-0.2, -0.15) is 0 Å². The van der Waals surface area contributed by atoms with E-state index in [1.807, 2.05) is 13.8 Å². The van der Waals surface area contributed by atoms with Crippen molar-refractivity contribution in [2.75, 3.05) is 13.2 Å². The number of esters is 1. The van der Waals surface area contributed by atoms with E-state index in [-0.39, 0.29) is 23.7 Å². The number of hydrogen-bond acceptors (Lipinski definition) is 9. The molecule has 0 aromatic carbocycles. The number of aliphatic hydroxyl groups excluding tert-OH is 5. The summed E-state index contributed by atoms with van der Waals surface area (Å²) in [7, 11) is 0. The summed E-state index contributed by atoms with van der Waals surface area (Å²) >= 11 is 0. The van der Waals surface area contributed by atoms with Crippen molar-refractivity contribution in [1.29, 1.82) is 0 Å². The van der Waals surface area contributed by atoms with Gasteiger partial charge < -0.3 is 40.5 Å². The van der Waals surface area contributed by atoms with Crippen LogP contribution >= 0.6 is 0 Å². The van der Waals surface area contributed by atoms with Gasteiger partial charge in [0.25, 0.3) is 0 Å². The summed E-state index contributed by atoms with van der Waals surface area (Å²) in [6.07, 6.45) is 1.19. The molecule has 0 spiro atoms. The number of hydrogen-bond donors (Lipinski definition) is 7. The number of ether oxygens (including phenoxy) is 1. The molecule has 0 amide bonds. The van der Waals surface area contributed by atoms with Crippen LogP contribution in [0.1, 0.15) is 99.8 Å². The number of allylic oxidation sites excluding steroid dienone is 1. The molecule has 5 rings (SSSR count). The number of carboxylic acids is 2. The molecular formula is C36H56O11. The molecule has 5 aliphatic rings. The molecule has 7 N–H and O–H groups in total. The van der Waals surface area contributed by atoms with Crippen molar-refractivity contribution in [2.24, 2.45) is 55.7 Å². The van der Waals surface area contributed by atoms with Crippen LogP contribution in [0.5, 0.6) is 0 Å². The summed E-state index contributed by atoms with van der Waals surface area (Å²) in [4.78, 5) is 37.9. The third-order valence-corrected chi connectivity index (χ3v) is 15.2. The molecule has 266 valence electrons. The van der Waals surface area contributed by atoms with Crippen LogP contribution in [0.3, 0.4) is 0 Å². The van der Waals surface area contributed by atoms with Crippen LogP contribution in [0, 0.1) is 55.7 Å². The quantitative estimate of drug-likeness (QED) is 0.156. The molecule has 11 heteroatoms. The molecule has 0 bridgehead atoms. The van der Waals surface area contributed by atoms with Gasteiger partial charge in [0.1, 0.15) is 11.5 Å². The van der Waals surface area contributed by atoms with E-state index in [1.165, 1.54) is 0 Å². The Hall–Kier alpha value is -2.05. The molecule has 0 aliphatic heterocycles. The highest BCUT2D eigenvalue weighted by Gasteiger charge is 2.72. The van der Waals surface area contributed by atoms with Crippen LogP contribution in [0.4, 0.5) is 0 Å². The Morgan fingerprint density at radius 3 is 2.13 bits per heavy atom. The Balaban J connectivity index is 1.52. The zero-order valence-corrected chi connectivity index (χ0v) is 29.0. The van der Waals surface area contributed by atoms with Crippen LogP contribution in [0.25, 0.3) is 0 Å². The molecule has 0 aromatic heterocycles. The van der Waals surface area contributed by atoms with E-state index in [9.17, 15) is 50.1 Å². The van der Waals surface area contributed by atoms with E-state index < -0.39 is 93.9 Å². The van der Waals surface area contributed by atoms with E-state index in [2.05, 4.69) is 26.8 Å². The third-order valence-electron chi connectivity index (χ3n) is 15.2. The highest BCUT2D eigenvalue weighted by Crippen LogP contribution is 2.76. The summed E-state index contributed by atoms with van der Waals surface area (Å²) in [5, 5.41) is 74.9. The number of carboxylic acid groups (broad SMARTS) is 2. The summed E-state index contributed by atoms with van der Waals surface area (Å²) in [5.41, 5.74) is -5.04. The number of carbonyl (C=O) groups excluding carboxylic acids is 1. The molecule has 4 saturated carbocycles. The second-order valence-electron chi connectivity index (χ2n) is 17.7. The van der Waals surface area contributed by atoms with E-state index in [1.54, 1.807) is 6.92 Å². The van der Waals surface area contributed by atoms with Crippen molar-refractivity contribution in [3.8, 4) is 0 Å². The normalized spacial score (nSPS) is 47.4. The van der Waals surface area contributed by atoms with Crippen molar-refractivity contribution >= 4 is 17.9 Å². The molecule has 8 unspecified atom stereocenters. The minimum absolute atomic E-state index is 0.0148. The molecule has 11 nitrogen and oxygen atoms in total. The monoisotopic (exact) mass is 664 g/mol. The van der Waals surface area contributed by atoms with Crippen LogP contribution in [-0.2, 0) is 19.1 Å². The van der Waals surface area contributed by atoms with Crippen LogP contribution < -0.4 is 0 Å². The zero-order chi connectivity index (χ0) is 35.3. The van der Waals surface area contributed by atoms with E-state index >= 15 is 0 Å². The van der Waals surface area contributed by atoms with Gasteiger partial charge in [0.05, 0.1) is 30.8 Å². The lowest BCUT2D eigenvalue weighted by atomic mass is 9.33. The van der Waals surface area contributed by atoms with Gasteiger partial charge >= 0.3 is 17.9 Å². The van der Waals surface area contributed by atoms with Gasteiger partial charge in [-0.3, -0.25) is 9.59 Å². The number of aliphatic hydroxyl groups is 5. The Labute approximate surface area is 277 Å². The van der Waals surface area contributed by atoms with E-state index in [4.69, 9.17) is 4.74 Å². The number of aliphatic carboxylic acids is 2. The molecule has 0 aromatic rings. The first-order valence-electron chi connectivity index (χ1n) is 17.2. The lowest BCUT2D eigenvalue weighted by Gasteiger charge is -2.71. The molecule has 4 fully saturated rings. The predicted octanol–water partition coefficient (Wildman–Crippen LogP) is 3.14. The molecule has 0 heterocycles. The minimum atomic E-state index is -2.21. The average molecular weight is 665 g/mol. The third kappa shape index (κ3) is 4.65. The highest BCUT2D eigenvalue weighted by molar-refractivity contribution is 5.86. The van der Waals surface area contributed by atoms with Gasteiger partial charge in [-0.25, -0.2) is 4.79 Å². The Morgan fingerprint density at radius 1 is 0.957 bits per heavy atom. The standard InChI is InChI=1S/C36H56O11/c1-30(2)12-14-36(29(45)46)15-13-34(6)19(23(36)24(30)40)8-9-22-31(3)16-20(39)26(32(4,17-37)21(31)10-11-35(22,34)7)47-27(42)25(41)33(5,18-38)28(43)44/h8,20-26,37-41H,9-18H2,1-7H3,(H,43,44)(H,45,46)/t20-,21?,22?,23?,24+,25?,26+,31?,32-,33?,34-,35?,36?/m1/s1. The first kappa shape index (κ1) is 36.2. The predicted molar refractivity (Wildman–Crippen MR) is 170 cm³/mol. The van der Waals surface area contributed by atoms with Gasteiger partial charge in [0, 0.05) is 11.3 Å². The van der Waals surface area contributed by atoms with E-state index in [0.29, 0.717) is 38.5 Å². The Bertz CT molecular complexity index is 1340. The maximum absolute atomic E-state index is 13.1. The fourth-order valence-corrected chi connectivity index (χ4v) is 11.7. The second kappa shape index (κ2) is 11.2. The summed E-state index contributed by atoms with van der Waals surface area (Å²) in [5.74, 6) is -4.42.